The second kappa shape index (κ2) is 9.49. The van der Waals surface area contributed by atoms with Gasteiger partial charge in [-0.25, -0.2) is 4.98 Å². The first-order chi connectivity index (χ1) is 16.0. The molecule has 3 aromatic rings. The van der Waals surface area contributed by atoms with Gasteiger partial charge < -0.3 is 15.6 Å². The maximum absolute atomic E-state index is 13.0. The van der Waals surface area contributed by atoms with Gasteiger partial charge in [-0.1, -0.05) is 11.6 Å². The molecule has 2 atom stereocenters. The van der Waals surface area contributed by atoms with Crippen LogP contribution in [-0.2, 0) is 13.0 Å². The molecule has 180 valence electrons. The molecule has 0 radical (unpaired) electrons. The number of fused-ring (bicyclic) bond motifs is 2. The summed E-state index contributed by atoms with van der Waals surface area (Å²) in [4.78, 5) is 37.4. The number of aromatic nitrogens is 2. The van der Waals surface area contributed by atoms with Crippen molar-refractivity contribution in [3.63, 3.8) is 0 Å². The average Bonchev–Trinajstić information content (AvgIpc) is 3.21. The molecule has 1 aliphatic heterocycles. The van der Waals surface area contributed by atoms with Gasteiger partial charge >= 0.3 is 0 Å². The highest BCUT2D eigenvalue weighted by atomic mass is 35.5. The van der Waals surface area contributed by atoms with Crippen molar-refractivity contribution >= 4 is 58.1 Å². The van der Waals surface area contributed by atoms with Gasteiger partial charge in [0.25, 0.3) is 11.8 Å². The Hall–Kier alpha value is -2.13. The first-order valence-electron chi connectivity index (χ1n) is 11.7. The Kier molecular flexibility index (Phi) is 6.59. The van der Waals surface area contributed by atoms with E-state index in [1.54, 1.807) is 6.07 Å². The average molecular weight is 520 g/mol. The van der Waals surface area contributed by atoms with Crippen LogP contribution in [0.25, 0.3) is 10.9 Å². The van der Waals surface area contributed by atoms with E-state index in [1.807, 2.05) is 18.2 Å². The number of rotatable bonds is 5. The van der Waals surface area contributed by atoms with Gasteiger partial charge in [0.2, 0.25) is 0 Å². The minimum Gasteiger partial charge on any atom is -0.351 e. The first-order valence-corrected chi connectivity index (χ1v) is 12.9. The van der Waals surface area contributed by atoms with Gasteiger partial charge in [-0.3, -0.25) is 14.5 Å². The molecule has 0 saturated heterocycles. The van der Waals surface area contributed by atoms with Crippen molar-refractivity contribution in [3.8, 4) is 0 Å². The number of nitrogens with one attached hydrogen (secondary N) is 3. The molecule has 2 aromatic heterocycles. The number of benzene rings is 1. The lowest BCUT2D eigenvalue weighted by molar-refractivity contribution is 0.0889. The molecule has 3 aliphatic rings. The highest BCUT2D eigenvalue weighted by molar-refractivity contribution is 7.13. The van der Waals surface area contributed by atoms with E-state index in [2.05, 4.69) is 25.5 Å². The fourth-order valence-electron chi connectivity index (χ4n) is 5.07. The summed E-state index contributed by atoms with van der Waals surface area (Å²) in [6.45, 7) is 1.96. The van der Waals surface area contributed by atoms with Crippen molar-refractivity contribution in [2.24, 2.45) is 0 Å². The van der Waals surface area contributed by atoms with Gasteiger partial charge in [0, 0.05) is 58.4 Å². The molecule has 1 aromatic carbocycles. The SMILES string of the molecule is Cl.O=C(N[C@@H]1CCC[C@H]1NC(=O)c1nc2c(s1)CN(C1CC1)CC2)c1cc2cc(Cl)ccc2[nH]1. The monoisotopic (exact) mass is 519 g/mol. The normalized spacial score (nSPS) is 22.3. The highest BCUT2D eigenvalue weighted by Crippen LogP contribution is 2.33. The van der Waals surface area contributed by atoms with Crippen molar-refractivity contribution in [2.75, 3.05) is 6.54 Å². The van der Waals surface area contributed by atoms with Crippen LogP contribution in [0.1, 0.15) is 63.0 Å². The number of amides is 2. The van der Waals surface area contributed by atoms with E-state index in [4.69, 9.17) is 11.6 Å². The Balaban J connectivity index is 0.00000241. The number of aromatic amines is 1. The highest BCUT2D eigenvalue weighted by Gasteiger charge is 2.34. The van der Waals surface area contributed by atoms with Crippen LogP contribution in [0.15, 0.2) is 24.3 Å². The molecule has 3 heterocycles. The number of carbonyl (C=O) groups is 2. The maximum atomic E-state index is 13.0. The Morgan fingerprint density at radius 2 is 1.85 bits per heavy atom. The fraction of sp³-hybridized carbons (Fsp3) is 0.458. The summed E-state index contributed by atoms with van der Waals surface area (Å²) in [6.07, 6.45) is 6.16. The molecule has 10 heteroatoms. The van der Waals surface area contributed by atoms with Gasteiger partial charge in [0.15, 0.2) is 5.01 Å². The molecule has 0 bridgehead atoms. The minimum absolute atomic E-state index is 0. The van der Waals surface area contributed by atoms with Crippen LogP contribution in [0.2, 0.25) is 5.02 Å². The molecule has 2 amide bonds. The summed E-state index contributed by atoms with van der Waals surface area (Å²) >= 11 is 7.58. The van der Waals surface area contributed by atoms with Gasteiger partial charge in [-0.15, -0.1) is 23.7 Å². The summed E-state index contributed by atoms with van der Waals surface area (Å²) in [5, 5.41) is 8.33. The number of H-pyrrole nitrogens is 1. The van der Waals surface area contributed by atoms with Gasteiger partial charge in [-0.05, 0) is 56.4 Å². The van der Waals surface area contributed by atoms with Crippen molar-refractivity contribution in [1.82, 2.24) is 25.5 Å². The molecule has 3 N–H and O–H groups in total. The van der Waals surface area contributed by atoms with E-state index in [0.29, 0.717) is 15.7 Å². The molecule has 7 nitrogen and oxygen atoms in total. The van der Waals surface area contributed by atoms with E-state index < -0.39 is 0 Å². The number of halogens is 2. The van der Waals surface area contributed by atoms with Crippen LogP contribution < -0.4 is 10.6 Å². The van der Waals surface area contributed by atoms with E-state index in [-0.39, 0.29) is 36.3 Å². The number of hydrogen-bond acceptors (Lipinski definition) is 5. The number of nitrogens with zero attached hydrogens (tertiary/aromatic N) is 2. The Labute approximate surface area is 213 Å². The lowest BCUT2D eigenvalue weighted by atomic mass is 10.1. The first kappa shape index (κ1) is 23.6. The number of hydrogen-bond donors (Lipinski definition) is 3. The van der Waals surface area contributed by atoms with Crippen molar-refractivity contribution in [2.45, 2.75) is 63.2 Å². The third-order valence-electron chi connectivity index (χ3n) is 6.99. The van der Waals surface area contributed by atoms with Crippen LogP contribution in [0.4, 0.5) is 0 Å². The molecule has 2 saturated carbocycles. The molecule has 2 aliphatic carbocycles. The third kappa shape index (κ3) is 4.69. The zero-order valence-electron chi connectivity index (χ0n) is 18.6. The molecule has 0 unspecified atom stereocenters. The zero-order valence-corrected chi connectivity index (χ0v) is 21.0. The molecular weight excluding hydrogens is 493 g/mol. The third-order valence-corrected chi connectivity index (χ3v) is 8.31. The van der Waals surface area contributed by atoms with Crippen LogP contribution in [0.5, 0.6) is 0 Å². The molecule has 2 fully saturated rings. The number of carbonyl (C=O) groups excluding carboxylic acids is 2. The van der Waals surface area contributed by atoms with E-state index in [0.717, 1.165) is 61.4 Å². The standard InChI is InChI=1S/C24H26ClN5O2S.ClH/c25-14-4-7-16-13(10-14)11-20(26-16)22(31)27-17-2-1-3-18(17)28-23(32)24-29-19-8-9-30(15-5-6-15)12-21(19)33-24;/h4,7,10-11,15,17-18,26H,1-3,5-6,8-9,12H2,(H,27,31)(H,28,32);1H/t17-,18-;/m1./s1. The van der Waals surface area contributed by atoms with Gasteiger partial charge in [0.1, 0.15) is 5.69 Å². The lowest BCUT2D eigenvalue weighted by Gasteiger charge is -2.25. The molecule has 0 spiro atoms. The van der Waals surface area contributed by atoms with Crippen LogP contribution >= 0.6 is 35.3 Å². The van der Waals surface area contributed by atoms with Crippen molar-refractivity contribution in [1.29, 1.82) is 0 Å². The fourth-order valence-corrected chi connectivity index (χ4v) is 6.29. The molecular formula is C24H27Cl2N5O2S. The van der Waals surface area contributed by atoms with E-state index in [9.17, 15) is 9.59 Å². The topological polar surface area (TPSA) is 90.1 Å². The quantitative estimate of drug-likeness (QED) is 0.468. The predicted molar refractivity (Wildman–Crippen MR) is 136 cm³/mol. The molecule has 34 heavy (non-hydrogen) atoms. The Bertz CT molecular complexity index is 1240. The zero-order chi connectivity index (χ0) is 22.5. The molecule has 6 rings (SSSR count). The van der Waals surface area contributed by atoms with Crippen LogP contribution in [0.3, 0.4) is 0 Å². The summed E-state index contributed by atoms with van der Waals surface area (Å²) in [5.41, 5.74) is 2.45. The lowest BCUT2D eigenvalue weighted by Crippen LogP contribution is -2.48. The van der Waals surface area contributed by atoms with Crippen molar-refractivity contribution < 1.29 is 9.59 Å². The number of thiazole rings is 1. The van der Waals surface area contributed by atoms with E-state index >= 15 is 0 Å². The maximum Gasteiger partial charge on any atom is 0.280 e. The largest absolute Gasteiger partial charge is 0.351 e. The Morgan fingerprint density at radius 3 is 2.62 bits per heavy atom. The van der Waals surface area contributed by atoms with Gasteiger partial charge in [-0.2, -0.15) is 0 Å². The van der Waals surface area contributed by atoms with Gasteiger partial charge in [0.05, 0.1) is 5.69 Å². The summed E-state index contributed by atoms with van der Waals surface area (Å²) < 4.78 is 0. The predicted octanol–water partition coefficient (Wildman–Crippen LogP) is 4.30. The van der Waals surface area contributed by atoms with Crippen LogP contribution in [-0.4, -0.2) is 51.4 Å². The van der Waals surface area contributed by atoms with Crippen LogP contribution in [0, 0.1) is 0 Å². The summed E-state index contributed by atoms with van der Waals surface area (Å²) in [5.74, 6) is -0.294. The minimum atomic E-state index is -0.168. The Morgan fingerprint density at radius 1 is 1.09 bits per heavy atom. The van der Waals surface area contributed by atoms with E-state index in [1.165, 1.54) is 29.1 Å². The second-order valence-electron chi connectivity index (χ2n) is 9.35. The van der Waals surface area contributed by atoms with Crippen molar-refractivity contribution in [3.05, 3.63) is 50.6 Å². The second-order valence-corrected chi connectivity index (χ2v) is 10.9. The smallest absolute Gasteiger partial charge is 0.280 e. The summed E-state index contributed by atoms with van der Waals surface area (Å²) in [6, 6.07) is 7.84. The summed E-state index contributed by atoms with van der Waals surface area (Å²) in [7, 11) is 0.